The van der Waals surface area contributed by atoms with Crippen molar-refractivity contribution in [2.24, 2.45) is 11.7 Å². The van der Waals surface area contributed by atoms with Crippen molar-refractivity contribution >= 4 is 5.91 Å². The van der Waals surface area contributed by atoms with Gasteiger partial charge in [0.05, 0.1) is 0 Å². The number of furan rings is 1. The van der Waals surface area contributed by atoms with E-state index in [4.69, 9.17) is 10.2 Å². The summed E-state index contributed by atoms with van der Waals surface area (Å²) in [6.45, 7) is 8.46. The molecule has 0 bridgehead atoms. The van der Waals surface area contributed by atoms with Gasteiger partial charge in [0.15, 0.2) is 5.76 Å². The van der Waals surface area contributed by atoms with Crippen molar-refractivity contribution in [2.45, 2.75) is 57.5 Å². The van der Waals surface area contributed by atoms with Gasteiger partial charge >= 0.3 is 0 Å². The Labute approximate surface area is 215 Å². The molecule has 5 heteroatoms. The molecule has 2 aliphatic rings. The molecule has 3 unspecified atom stereocenters. The molecule has 3 aromatic rings. The molecule has 190 valence electrons. The summed E-state index contributed by atoms with van der Waals surface area (Å²) in [6.07, 6.45) is 2.94. The van der Waals surface area contributed by atoms with E-state index in [9.17, 15) is 4.79 Å². The summed E-state index contributed by atoms with van der Waals surface area (Å²) < 4.78 is 6.14. The number of benzene rings is 2. The zero-order valence-corrected chi connectivity index (χ0v) is 21.6. The highest BCUT2D eigenvalue weighted by molar-refractivity contribution is 5.92. The maximum absolute atomic E-state index is 13.8. The standard InChI is InChI=1S/C31H39N3O2/c1-22(2)15-29-26(18-32)17-30(36-29)31(35)34-20-27(24-11-7-4-8-12-24)16-28(34)21-33-14-13-25(19-33)23-9-5-3-6-10-23/h3-12,17,22,25,27-28H,13-16,18-21,32H2,1-2H3. The Bertz CT molecular complexity index is 1140. The second-order valence-electron chi connectivity index (χ2n) is 11.0. The first-order valence-corrected chi connectivity index (χ1v) is 13.5. The van der Waals surface area contributed by atoms with Gasteiger partial charge in [0.25, 0.3) is 5.91 Å². The normalized spacial score (nSPS) is 22.6. The zero-order chi connectivity index (χ0) is 25.1. The van der Waals surface area contributed by atoms with Crippen LogP contribution in [-0.2, 0) is 13.0 Å². The lowest BCUT2D eigenvalue weighted by Gasteiger charge is -2.28. The molecule has 0 radical (unpaired) electrons. The number of nitrogens with zero attached hydrogens (tertiary/aromatic N) is 2. The van der Waals surface area contributed by atoms with Crippen molar-refractivity contribution in [3.05, 3.63) is 94.9 Å². The van der Waals surface area contributed by atoms with Crippen LogP contribution in [0.2, 0.25) is 0 Å². The zero-order valence-electron chi connectivity index (χ0n) is 21.6. The van der Waals surface area contributed by atoms with Crippen LogP contribution in [-0.4, -0.2) is 47.9 Å². The molecular formula is C31H39N3O2. The molecule has 2 aromatic carbocycles. The minimum absolute atomic E-state index is 0.00180. The number of nitrogens with two attached hydrogens (primary N) is 1. The molecule has 2 fully saturated rings. The largest absolute Gasteiger partial charge is 0.456 e. The Morgan fingerprint density at radius 2 is 1.67 bits per heavy atom. The molecule has 2 saturated heterocycles. The fourth-order valence-corrected chi connectivity index (χ4v) is 6.03. The van der Waals surface area contributed by atoms with Crippen LogP contribution in [0.3, 0.4) is 0 Å². The fraction of sp³-hybridized carbons (Fsp3) is 0.452. The van der Waals surface area contributed by atoms with Crippen LogP contribution >= 0.6 is 0 Å². The number of hydrogen-bond acceptors (Lipinski definition) is 4. The first kappa shape index (κ1) is 24.8. The molecule has 5 nitrogen and oxygen atoms in total. The molecule has 3 atom stereocenters. The summed E-state index contributed by atoms with van der Waals surface area (Å²) >= 11 is 0. The van der Waals surface area contributed by atoms with E-state index in [1.807, 2.05) is 6.07 Å². The summed E-state index contributed by atoms with van der Waals surface area (Å²) in [4.78, 5) is 18.5. The Kier molecular flexibility index (Phi) is 7.59. The number of hydrogen-bond donors (Lipinski definition) is 1. The van der Waals surface area contributed by atoms with Gasteiger partial charge in [-0.3, -0.25) is 4.79 Å². The number of rotatable bonds is 8. The third-order valence-electron chi connectivity index (χ3n) is 7.88. The summed E-state index contributed by atoms with van der Waals surface area (Å²) in [7, 11) is 0. The highest BCUT2D eigenvalue weighted by atomic mass is 16.4. The highest BCUT2D eigenvalue weighted by Crippen LogP contribution is 2.35. The van der Waals surface area contributed by atoms with Crippen molar-refractivity contribution in [3.63, 3.8) is 0 Å². The van der Waals surface area contributed by atoms with Crippen LogP contribution in [0.15, 0.2) is 71.1 Å². The number of carbonyl (C=O) groups excluding carboxylic acids is 1. The average Bonchev–Trinajstić information content (AvgIpc) is 3.63. The molecule has 2 N–H and O–H groups in total. The Morgan fingerprint density at radius 3 is 2.31 bits per heavy atom. The van der Waals surface area contributed by atoms with E-state index in [1.165, 1.54) is 17.5 Å². The SMILES string of the molecule is CC(C)Cc1oc(C(=O)N2CC(c3ccccc3)CC2CN2CCC(c3ccccc3)C2)cc1CN. The smallest absolute Gasteiger partial charge is 0.289 e. The van der Waals surface area contributed by atoms with Crippen molar-refractivity contribution < 1.29 is 9.21 Å². The van der Waals surface area contributed by atoms with Gasteiger partial charge in [-0.1, -0.05) is 74.5 Å². The lowest BCUT2D eigenvalue weighted by atomic mass is 9.96. The first-order chi connectivity index (χ1) is 17.5. The second kappa shape index (κ2) is 11.0. The predicted octanol–water partition coefficient (Wildman–Crippen LogP) is 5.42. The van der Waals surface area contributed by atoms with Crippen LogP contribution < -0.4 is 5.73 Å². The van der Waals surface area contributed by atoms with Crippen LogP contribution in [0.25, 0.3) is 0 Å². The molecule has 0 aliphatic carbocycles. The maximum Gasteiger partial charge on any atom is 0.289 e. The number of likely N-dealkylation sites (tertiary alicyclic amines) is 2. The fourth-order valence-electron chi connectivity index (χ4n) is 6.03. The van der Waals surface area contributed by atoms with Gasteiger partial charge in [-0.2, -0.15) is 0 Å². The Balaban J connectivity index is 1.35. The minimum atomic E-state index is 0.00180. The molecule has 1 amide bonds. The van der Waals surface area contributed by atoms with E-state index in [-0.39, 0.29) is 11.9 Å². The van der Waals surface area contributed by atoms with E-state index in [0.717, 1.165) is 50.3 Å². The van der Waals surface area contributed by atoms with Crippen molar-refractivity contribution in [1.82, 2.24) is 9.80 Å². The highest BCUT2D eigenvalue weighted by Gasteiger charge is 2.39. The lowest BCUT2D eigenvalue weighted by Crippen LogP contribution is -2.42. The summed E-state index contributed by atoms with van der Waals surface area (Å²) in [5, 5.41) is 0. The third kappa shape index (κ3) is 5.42. The molecule has 0 saturated carbocycles. The molecule has 36 heavy (non-hydrogen) atoms. The summed E-state index contributed by atoms with van der Waals surface area (Å²) in [5.74, 6) is 2.65. The van der Waals surface area contributed by atoms with E-state index in [2.05, 4.69) is 84.3 Å². The van der Waals surface area contributed by atoms with E-state index in [0.29, 0.717) is 30.1 Å². The van der Waals surface area contributed by atoms with E-state index in [1.54, 1.807) is 0 Å². The molecule has 0 spiro atoms. The quantitative estimate of drug-likeness (QED) is 0.462. The van der Waals surface area contributed by atoms with Crippen molar-refractivity contribution in [1.29, 1.82) is 0 Å². The van der Waals surface area contributed by atoms with Gasteiger partial charge in [-0.15, -0.1) is 0 Å². The molecule has 2 aliphatic heterocycles. The topological polar surface area (TPSA) is 62.7 Å². The second-order valence-corrected chi connectivity index (χ2v) is 11.0. The Morgan fingerprint density at radius 1 is 1.00 bits per heavy atom. The molecule has 1 aromatic heterocycles. The summed E-state index contributed by atoms with van der Waals surface area (Å²) in [5.41, 5.74) is 9.68. The summed E-state index contributed by atoms with van der Waals surface area (Å²) in [6, 6.07) is 23.5. The Hall–Kier alpha value is -2.89. The van der Waals surface area contributed by atoms with Gasteiger partial charge < -0.3 is 20.0 Å². The van der Waals surface area contributed by atoms with Gasteiger partial charge in [0, 0.05) is 50.1 Å². The number of carbonyl (C=O) groups is 1. The van der Waals surface area contributed by atoms with Gasteiger partial charge in [0.2, 0.25) is 0 Å². The first-order valence-electron chi connectivity index (χ1n) is 13.5. The third-order valence-corrected chi connectivity index (χ3v) is 7.88. The predicted molar refractivity (Wildman–Crippen MR) is 144 cm³/mol. The van der Waals surface area contributed by atoms with E-state index < -0.39 is 0 Å². The number of amides is 1. The van der Waals surface area contributed by atoms with Gasteiger partial charge in [-0.05, 0) is 48.4 Å². The van der Waals surface area contributed by atoms with Gasteiger partial charge in [0.1, 0.15) is 5.76 Å². The molecule has 3 heterocycles. The van der Waals surface area contributed by atoms with Crippen LogP contribution in [0, 0.1) is 5.92 Å². The molecule has 5 rings (SSSR count). The minimum Gasteiger partial charge on any atom is -0.456 e. The van der Waals surface area contributed by atoms with Crippen LogP contribution in [0.1, 0.15) is 71.5 Å². The maximum atomic E-state index is 13.8. The lowest BCUT2D eigenvalue weighted by molar-refractivity contribution is 0.0673. The van der Waals surface area contributed by atoms with E-state index >= 15 is 0 Å². The van der Waals surface area contributed by atoms with Crippen LogP contribution in [0.4, 0.5) is 0 Å². The average molecular weight is 486 g/mol. The monoisotopic (exact) mass is 485 g/mol. The van der Waals surface area contributed by atoms with Crippen molar-refractivity contribution in [3.8, 4) is 0 Å². The molecular weight excluding hydrogens is 446 g/mol. The van der Waals surface area contributed by atoms with Crippen LogP contribution in [0.5, 0.6) is 0 Å². The van der Waals surface area contributed by atoms with Gasteiger partial charge in [-0.25, -0.2) is 0 Å². The van der Waals surface area contributed by atoms with Crippen molar-refractivity contribution in [2.75, 3.05) is 26.2 Å².